The van der Waals surface area contributed by atoms with Crippen molar-refractivity contribution >= 4 is 11.5 Å². The van der Waals surface area contributed by atoms with E-state index in [1.165, 1.54) is 12.3 Å². The Morgan fingerprint density at radius 2 is 2.44 bits per heavy atom. The molecule has 0 aliphatic carbocycles. The molecule has 0 spiro atoms. The van der Waals surface area contributed by atoms with E-state index in [2.05, 4.69) is 10.3 Å². The first kappa shape index (κ1) is 10.8. The molecule has 1 fully saturated rings. The normalized spacial score (nSPS) is 24.3. The number of anilines is 1. The van der Waals surface area contributed by atoms with Crippen molar-refractivity contribution in [1.82, 2.24) is 4.98 Å². The smallest absolute Gasteiger partial charge is 0.363 e. The zero-order valence-corrected chi connectivity index (χ0v) is 8.92. The van der Waals surface area contributed by atoms with Crippen LogP contribution in [0.15, 0.2) is 18.3 Å². The van der Waals surface area contributed by atoms with Gasteiger partial charge in [-0.3, -0.25) is 0 Å². The molecule has 1 aliphatic rings. The molecule has 2 rings (SSSR count). The van der Waals surface area contributed by atoms with Gasteiger partial charge in [-0.25, -0.2) is 0 Å². The van der Waals surface area contributed by atoms with E-state index in [0.717, 1.165) is 18.7 Å². The molecule has 0 aromatic carbocycles. The Morgan fingerprint density at radius 3 is 2.94 bits per heavy atom. The van der Waals surface area contributed by atoms with Crippen molar-refractivity contribution in [2.75, 3.05) is 11.9 Å². The monoisotopic (exact) mass is 223 g/mol. The van der Waals surface area contributed by atoms with Crippen molar-refractivity contribution in [3.05, 3.63) is 28.4 Å². The van der Waals surface area contributed by atoms with Crippen molar-refractivity contribution in [1.29, 1.82) is 0 Å². The highest BCUT2D eigenvalue weighted by Crippen LogP contribution is 2.19. The number of nitrogens with zero attached hydrogens (tertiary/aromatic N) is 2. The van der Waals surface area contributed by atoms with E-state index in [4.69, 9.17) is 4.74 Å². The minimum absolute atomic E-state index is 0.138. The van der Waals surface area contributed by atoms with E-state index < -0.39 is 4.92 Å². The number of hydrogen-bond acceptors (Lipinski definition) is 5. The van der Waals surface area contributed by atoms with E-state index >= 15 is 0 Å². The molecule has 0 saturated carbocycles. The van der Waals surface area contributed by atoms with Crippen LogP contribution in [0.3, 0.4) is 0 Å². The third kappa shape index (κ3) is 2.27. The Hall–Kier alpha value is -1.69. The standard InChI is InChI=1S/C10H13N3O3/c1-7-9(4-5-16-7)12-8-2-3-10(11-6-8)13(14)15/h2-3,6-7,9,12H,4-5H2,1H3. The topological polar surface area (TPSA) is 77.3 Å². The number of nitrogens with one attached hydrogen (secondary N) is 1. The van der Waals surface area contributed by atoms with Gasteiger partial charge in [-0.1, -0.05) is 0 Å². The molecule has 16 heavy (non-hydrogen) atoms. The van der Waals surface area contributed by atoms with Gasteiger partial charge in [0.15, 0.2) is 6.20 Å². The lowest BCUT2D eigenvalue weighted by atomic mass is 10.1. The molecule has 0 amide bonds. The third-order valence-electron chi connectivity index (χ3n) is 2.66. The van der Waals surface area contributed by atoms with Crippen molar-refractivity contribution < 1.29 is 9.66 Å². The Balaban J connectivity index is 2.02. The molecule has 2 atom stereocenters. The summed E-state index contributed by atoms with van der Waals surface area (Å²) in [6, 6.07) is 3.31. The van der Waals surface area contributed by atoms with Crippen LogP contribution >= 0.6 is 0 Å². The maximum absolute atomic E-state index is 10.4. The fraction of sp³-hybridized carbons (Fsp3) is 0.500. The second kappa shape index (κ2) is 4.44. The van der Waals surface area contributed by atoms with Gasteiger partial charge in [0.05, 0.1) is 17.8 Å². The molecule has 1 saturated heterocycles. The molecular formula is C10H13N3O3. The van der Waals surface area contributed by atoms with E-state index in [1.807, 2.05) is 6.92 Å². The molecular weight excluding hydrogens is 210 g/mol. The first-order valence-electron chi connectivity index (χ1n) is 5.15. The molecule has 1 N–H and O–H groups in total. The maximum Gasteiger partial charge on any atom is 0.363 e. The van der Waals surface area contributed by atoms with Gasteiger partial charge in [-0.15, -0.1) is 0 Å². The summed E-state index contributed by atoms with van der Waals surface area (Å²) in [5.74, 6) is -0.138. The zero-order valence-electron chi connectivity index (χ0n) is 8.92. The van der Waals surface area contributed by atoms with Crippen LogP contribution in [0.25, 0.3) is 0 Å². The van der Waals surface area contributed by atoms with Crippen LogP contribution in [-0.4, -0.2) is 28.7 Å². The molecule has 2 heterocycles. The average molecular weight is 223 g/mol. The fourth-order valence-corrected chi connectivity index (χ4v) is 1.71. The summed E-state index contributed by atoms with van der Waals surface area (Å²) in [6.45, 7) is 2.75. The van der Waals surface area contributed by atoms with Crippen LogP contribution < -0.4 is 5.32 Å². The van der Waals surface area contributed by atoms with Crippen LogP contribution in [0, 0.1) is 10.1 Å². The Bertz CT molecular complexity index is 379. The highest BCUT2D eigenvalue weighted by atomic mass is 16.6. The first-order valence-corrected chi connectivity index (χ1v) is 5.15. The minimum atomic E-state index is -0.509. The summed E-state index contributed by atoms with van der Waals surface area (Å²) in [4.78, 5) is 13.6. The molecule has 2 unspecified atom stereocenters. The molecule has 1 aromatic heterocycles. The average Bonchev–Trinajstić information content (AvgIpc) is 2.65. The zero-order chi connectivity index (χ0) is 11.5. The Morgan fingerprint density at radius 1 is 1.62 bits per heavy atom. The number of pyridine rings is 1. The maximum atomic E-state index is 10.4. The summed E-state index contributed by atoms with van der Waals surface area (Å²) in [7, 11) is 0. The quantitative estimate of drug-likeness (QED) is 0.621. The number of nitro groups is 1. The molecule has 0 bridgehead atoms. The predicted molar refractivity (Wildman–Crippen MR) is 58.3 cm³/mol. The predicted octanol–water partition coefficient (Wildman–Crippen LogP) is 1.58. The molecule has 0 radical (unpaired) electrons. The van der Waals surface area contributed by atoms with Gasteiger partial charge in [0, 0.05) is 12.7 Å². The number of hydrogen-bond donors (Lipinski definition) is 1. The SMILES string of the molecule is CC1OCCC1Nc1ccc([N+](=O)[O-])nc1. The Kier molecular flexibility index (Phi) is 3.00. The third-order valence-corrected chi connectivity index (χ3v) is 2.66. The van der Waals surface area contributed by atoms with Crippen molar-refractivity contribution in [2.24, 2.45) is 0 Å². The van der Waals surface area contributed by atoms with Gasteiger partial charge in [-0.05, 0) is 29.3 Å². The Labute approximate surface area is 92.8 Å². The van der Waals surface area contributed by atoms with Gasteiger partial charge in [0.25, 0.3) is 0 Å². The number of ether oxygens (including phenoxy) is 1. The van der Waals surface area contributed by atoms with Crippen molar-refractivity contribution in [3.8, 4) is 0 Å². The second-order valence-electron chi connectivity index (χ2n) is 3.78. The van der Waals surface area contributed by atoms with Crippen molar-refractivity contribution in [2.45, 2.75) is 25.5 Å². The largest absolute Gasteiger partial charge is 0.377 e. The van der Waals surface area contributed by atoms with Crippen LogP contribution in [0.4, 0.5) is 11.5 Å². The van der Waals surface area contributed by atoms with Gasteiger partial charge in [-0.2, -0.15) is 0 Å². The molecule has 6 heteroatoms. The van der Waals surface area contributed by atoms with E-state index in [-0.39, 0.29) is 18.0 Å². The lowest BCUT2D eigenvalue weighted by Gasteiger charge is -2.15. The molecule has 6 nitrogen and oxygen atoms in total. The molecule has 1 aliphatic heterocycles. The van der Waals surface area contributed by atoms with Gasteiger partial charge >= 0.3 is 5.82 Å². The summed E-state index contributed by atoms with van der Waals surface area (Å²) in [5, 5.41) is 13.7. The summed E-state index contributed by atoms with van der Waals surface area (Å²) in [6.07, 6.45) is 2.58. The minimum Gasteiger partial charge on any atom is -0.377 e. The van der Waals surface area contributed by atoms with Crippen LogP contribution in [0.2, 0.25) is 0 Å². The van der Waals surface area contributed by atoms with Crippen molar-refractivity contribution in [3.63, 3.8) is 0 Å². The molecule has 1 aromatic rings. The van der Waals surface area contributed by atoms with E-state index in [1.54, 1.807) is 6.07 Å². The van der Waals surface area contributed by atoms with E-state index in [9.17, 15) is 10.1 Å². The van der Waals surface area contributed by atoms with Gasteiger partial charge in [0.1, 0.15) is 0 Å². The molecule has 86 valence electrons. The summed E-state index contributed by atoms with van der Waals surface area (Å²) < 4.78 is 5.41. The van der Waals surface area contributed by atoms with Crippen LogP contribution in [-0.2, 0) is 4.74 Å². The number of aromatic nitrogens is 1. The fourth-order valence-electron chi connectivity index (χ4n) is 1.71. The second-order valence-corrected chi connectivity index (χ2v) is 3.78. The lowest BCUT2D eigenvalue weighted by Crippen LogP contribution is -2.26. The van der Waals surface area contributed by atoms with Crippen LogP contribution in [0.5, 0.6) is 0 Å². The highest BCUT2D eigenvalue weighted by molar-refractivity contribution is 5.44. The summed E-state index contributed by atoms with van der Waals surface area (Å²) in [5.41, 5.74) is 0.785. The first-order chi connectivity index (χ1) is 7.66. The van der Waals surface area contributed by atoms with Gasteiger partial charge in [0.2, 0.25) is 0 Å². The van der Waals surface area contributed by atoms with Gasteiger partial charge < -0.3 is 20.2 Å². The summed E-state index contributed by atoms with van der Waals surface area (Å²) >= 11 is 0. The van der Waals surface area contributed by atoms with Crippen LogP contribution in [0.1, 0.15) is 13.3 Å². The lowest BCUT2D eigenvalue weighted by molar-refractivity contribution is -0.389. The number of rotatable bonds is 3. The van der Waals surface area contributed by atoms with E-state index in [0.29, 0.717) is 0 Å². The highest BCUT2D eigenvalue weighted by Gasteiger charge is 2.24.